The van der Waals surface area contributed by atoms with Gasteiger partial charge in [-0.2, -0.15) is 13.2 Å². The average Bonchev–Trinajstić information content (AvgIpc) is 3.15. The molecule has 23 heavy (non-hydrogen) atoms. The van der Waals surface area contributed by atoms with Gasteiger partial charge < -0.3 is 14.6 Å². The summed E-state index contributed by atoms with van der Waals surface area (Å²) in [5.74, 6) is 0.495. The minimum atomic E-state index is -4.42. The van der Waals surface area contributed by atoms with E-state index in [1.807, 2.05) is 11.9 Å². The van der Waals surface area contributed by atoms with E-state index in [9.17, 15) is 18.3 Å². The second-order valence-corrected chi connectivity index (χ2v) is 6.54. The molecule has 126 valence electrons. The van der Waals surface area contributed by atoms with Crippen LogP contribution in [0.2, 0.25) is 0 Å². The minimum Gasteiger partial charge on any atom is -0.385 e. The molecule has 9 heteroatoms. The molecule has 0 spiro atoms. The number of halogens is 3. The summed E-state index contributed by atoms with van der Waals surface area (Å²) in [6.07, 6.45) is -0.170. The molecule has 0 amide bonds. The summed E-state index contributed by atoms with van der Waals surface area (Å²) in [6.45, 7) is 1.12. The summed E-state index contributed by atoms with van der Waals surface area (Å²) in [6, 6.07) is 0. The topological polar surface area (TPSA) is 54.2 Å². The molecule has 3 rings (SSSR count). The number of rotatable bonds is 3. The molecule has 0 bridgehead atoms. The van der Waals surface area contributed by atoms with Crippen molar-refractivity contribution in [2.24, 2.45) is 13.0 Å². The lowest BCUT2D eigenvalue weighted by Crippen LogP contribution is -2.38. The van der Waals surface area contributed by atoms with Crippen molar-refractivity contribution in [2.75, 3.05) is 18.0 Å². The van der Waals surface area contributed by atoms with Crippen molar-refractivity contribution in [3.8, 4) is 0 Å². The highest BCUT2D eigenvalue weighted by atomic mass is 32.1. The van der Waals surface area contributed by atoms with Gasteiger partial charge in [-0.1, -0.05) is 0 Å². The Morgan fingerprint density at radius 2 is 2.22 bits per heavy atom. The SMILES string of the molecule is Cn1ccnc1C(O)C1CCCN(c2nc(C(F)(F)F)cs2)C1. The Hall–Kier alpha value is -1.61. The van der Waals surface area contributed by atoms with Crippen LogP contribution >= 0.6 is 11.3 Å². The number of aromatic nitrogens is 3. The third-order valence-corrected chi connectivity index (χ3v) is 4.98. The van der Waals surface area contributed by atoms with Crippen LogP contribution in [0.3, 0.4) is 0 Å². The molecule has 2 atom stereocenters. The molecular weight excluding hydrogens is 329 g/mol. The number of nitrogens with zero attached hydrogens (tertiary/aromatic N) is 4. The first-order valence-corrected chi connectivity index (χ1v) is 8.17. The van der Waals surface area contributed by atoms with Crippen molar-refractivity contribution in [2.45, 2.75) is 25.1 Å². The van der Waals surface area contributed by atoms with Gasteiger partial charge in [-0.05, 0) is 12.8 Å². The third kappa shape index (κ3) is 3.35. The number of alkyl halides is 3. The Morgan fingerprint density at radius 3 is 2.83 bits per heavy atom. The van der Waals surface area contributed by atoms with Crippen LogP contribution in [0, 0.1) is 5.92 Å². The molecule has 3 heterocycles. The van der Waals surface area contributed by atoms with Crippen molar-refractivity contribution in [1.82, 2.24) is 14.5 Å². The van der Waals surface area contributed by atoms with E-state index in [2.05, 4.69) is 9.97 Å². The van der Waals surface area contributed by atoms with Crippen molar-refractivity contribution >= 4 is 16.5 Å². The molecule has 0 saturated carbocycles. The number of anilines is 1. The summed E-state index contributed by atoms with van der Waals surface area (Å²) in [7, 11) is 1.81. The molecule has 0 radical (unpaired) electrons. The predicted octanol–water partition coefficient (Wildman–Crippen LogP) is 2.85. The fourth-order valence-electron chi connectivity index (χ4n) is 2.85. The van der Waals surface area contributed by atoms with E-state index in [4.69, 9.17) is 0 Å². The van der Waals surface area contributed by atoms with Crippen molar-refractivity contribution in [3.05, 3.63) is 29.3 Å². The molecule has 0 aromatic carbocycles. The standard InChI is InChI=1S/C14H17F3N4OS/c1-20-6-4-18-12(20)11(22)9-3-2-5-21(7-9)13-19-10(8-23-13)14(15,16)17/h4,6,8-9,11,22H,2-3,5,7H2,1H3. The van der Waals surface area contributed by atoms with Gasteiger partial charge in [-0.25, -0.2) is 9.97 Å². The molecule has 2 aromatic heterocycles. The van der Waals surface area contributed by atoms with Crippen molar-refractivity contribution in [1.29, 1.82) is 0 Å². The Balaban J connectivity index is 1.73. The highest BCUT2D eigenvalue weighted by Crippen LogP contribution is 2.36. The maximum Gasteiger partial charge on any atom is 0.434 e. The van der Waals surface area contributed by atoms with E-state index in [1.54, 1.807) is 17.0 Å². The molecule has 5 nitrogen and oxygen atoms in total. The number of aliphatic hydroxyl groups is 1. The Kier molecular flexibility index (Phi) is 4.33. The number of imidazole rings is 1. The normalized spacial score (nSPS) is 20.7. The van der Waals surface area contributed by atoms with Crippen LogP contribution in [-0.4, -0.2) is 32.7 Å². The number of hydrogen-bond donors (Lipinski definition) is 1. The summed E-state index contributed by atoms with van der Waals surface area (Å²) < 4.78 is 39.8. The number of piperidine rings is 1. The first-order valence-electron chi connectivity index (χ1n) is 7.29. The first-order chi connectivity index (χ1) is 10.9. The van der Waals surface area contributed by atoms with Gasteiger partial charge in [-0.15, -0.1) is 11.3 Å². The lowest BCUT2D eigenvalue weighted by Gasteiger charge is -2.34. The van der Waals surface area contributed by atoms with Crippen molar-refractivity contribution in [3.63, 3.8) is 0 Å². The van der Waals surface area contributed by atoms with E-state index in [0.717, 1.165) is 29.6 Å². The zero-order valence-corrected chi connectivity index (χ0v) is 13.3. The van der Waals surface area contributed by atoms with E-state index >= 15 is 0 Å². The van der Waals surface area contributed by atoms with Crippen LogP contribution in [0.25, 0.3) is 0 Å². The molecule has 1 aliphatic heterocycles. The largest absolute Gasteiger partial charge is 0.434 e. The number of hydrogen-bond acceptors (Lipinski definition) is 5. The number of thiazole rings is 1. The quantitative estimate of drug-likeness (QED) is 0.929. The third-order valence-electron chi connectivity index (χ3n) is 4.08. The highest BCUT2D eigenvalue weighted by molar-refractivity contribution is 7.13. The molecule has 2 aromatic rings. The summed E-state index contributed by atoms with van der Waals surface area (Å²) in [5.41, 5.74) is -0.857. The van der Waals surface area contributed by atoms with Crippen LogP contribution in [0.4, 0.5) is 18.3 Å². The van der Waals surface area contributed by atoms with Crippen LogP contribution in [0.1, 0.15) is 30.5 Å². The van der Waals surface area contributed by atoms with Gasteiger partial charge in [0, 0.05) is 43.8 Å². The van der Waals surface area contributed by atoms with Crippen molar-refractivity contribution < 1.29 is 18.3 Å². The van der Waals surface area contributed by atoms with Gasteiger partial charge in [-0.3, -0.25) is 0 Å². The Labute approximate surface area is 135 Å². The molecule has 0 aliphatic carbocycles. The lowest BCUT2D eigenvalue weighted by molar-refractivity contribution is -0.140. The van der Waals surface area contributed by atoms with E-state index in [-0.39, 0.29) is 5.92 Å². The van der Waals surface area contributed by atoms with Crippen LogP contribution in [0.5, 0.6) is 0 Å². The molecule has 1 saturated heterocycles. The Morgan fingerprint density at radius 1 is 1.43 bits per heavy atom. The van der Waals surface area contributed by atoms with Crippen LogP contribution in [-0.2, 0) is 13.2 Å². The molecule has 1 N–H and O–H groups in total. The van der Waals surface area contributed by atoms with E-state index < -0.39 is 18.0 Å². The van der Waals surface area contributed by atoms with Gasteiger partial charge in [0.15, 0.2) is 10.8 Å². The monoisotopic (exact) mass is 346 g/mol. The maximum absolute atomic E-state index is 12.7. The zero-order chi connectivity index (χ0) is 16.6. The maximum atomic E-state index is 12.7. The van der Waals surface area contributed by atoms with Crippen LogP contribution in [0.15, 0.2) is 17.8 Å². The van der Waals surface area contributed by atoms with Gasteiger partial charge in [0.1, 0.15) is 11.9 Å². The van der Waals surface area contributed by atoms with Gasteiger partial charge in [0.2, 0.25) is 0 Å². The summed E-state index contributed by atoms with van der Waals surface area (Å²) in [4.78, 5) is 9.67. The van der Waals surface area contributed by atoms with E-state index in [1.165, 1.54) is 0 Å². The second-order valence-electron chi connectivity index (χ2n) is 5.70. The zero-order valence-electron chi connectivity index (χ0n) is 12.5. The number of aliphatic hydroxyl groups excluding tert-OH is 1. The van der Waals surface area contributed by atoms with Gasteiger partial charge in [0.25, 0.3) is 0 Å². The fourth-order valence-corrected chi connectivity index (χ4v) is 3.72. The molecule has 1 aliphatic rings. The highest BCUT2D eigenvalue weighted by Gasteiger charge is 2.35. The first kappa shape index (κ1) is 16.3. The fraction of sp³-hybridized carbons (Fsp3) is 0.571. The minimum absolute atomic E-state index is 0.0805. The van der Waals surface area contributed by atoms with Crippen LogP contribution < -0.4 is 4.90 Å². The summed E-state index contributed by atoms with van der Waals surface area (Å²) in [5, 5.41) is 11.9. The molecule has 1 fully saturated rings. The molecule has 2 unspecified atom stereocenters. The smallest absolute Gasteiger partial charge is 0.385 e. The number of aryl methyl sites for hydroxylation is 1. The van der Waals surface area contributed by atoms with Gasteiger partial charge in [0.05, 0.1) is 0 Å². The second kappa shape index (κ2) is 6.12. The van der Waals surface area contributed by atoms with E-state index in [0.29, 0.717) is 24.0 Å². The lowest BCUT2D eigenvalue weighted by atomic mass is 9.92. The Bertz CT molecular complexity index is 669. The molecular formula is C14H17F3N4OS. The average molecular weight is 346 g/mol. The predicted molar refractivity (Wildman–Crippen MR) is 80.2 cm³/mol. The van der Waals surface area contributed by atoms with Gasteiger partial charge >= 0.3 is 6.18 Å². The summed E-state index contributed by atoms with van der Waals surface area (Å²) >= 11 is 0.990.